The molecule has 1 aromatic heterocycles. The molecular formula is C18H12ClN3O3. The van der Waals surface area contributed by atoms with Crippen LogP contribution in [0.15, 0.2) is 54.9 Å². The molecule has 0 bridgehead atoms. The van der Waals surface area contributed by atoms with Crippen LogP contribution in [0.2, 0.25) is 5.02 Å². The molecule has 2 aromatic carbocycles. The van der Waals surface area contributed by atoms with Crippen molar-refractivity contribution in [3.8, 4) is 22.9 Å². The predicted molar refractivity (Wildman–Crippen MR) is 93.0 cm³/mol. The molecular weight excluding hydrogens is 342 g/mol. The van der Waals surface area contributed by atoms with Crippen LogP contribution in [0.3, 0.4) is 0 Å². The van der Waals surface area contributed by atoms with Crippen molar-refractivity contribution < 1.29 is 14.3 Å². The van der Waals surface area contributed by atoms with Gasteiger partial charge in [-0.2, -0.15) is 0 Å². The van der Waals surface area contributed by atoms with Gasteiger partial charge in [0.1, 0.15) is 0 Å². The maximum atomic E-state index is 12.3. The normalized spacial score (nSPS) is 12.0. The second-order valence-corrected chi connectivity index (χ2v) is 5.76. The fraction of sp³-hybridized carbons (Fsp3) is 0.0556. The van der Waals surface area contributed by atoms with E-state index in [1.807, 2.05) is 12.1 Å². The maximum Gasteiger partial charge on any atom is 0.255 e. The van der Waals surface area contributed by atoms with Gasteiger partial charge in [0.25, 0.3) is 5.91 Å². The molecule has 0 spiro atoms. The summed E-state index contributed by atoms with van der Waals surface area (Å²) in [6.45, 7) is 0.166. The molecule has 0 radical (unpaired) electrons. The van der Waals surface area contributed by atoms with E-state index in [1.165, 1.54) is 0 Å². The van der Waals surface area contributed by atoms with Crippen molar-refractivity contribution in [3.05, 3.63) is 65.4 Å². The van der Waals surface area contributed by atoms with E-state index >= 15 is 0 Å². The van der Waals surface area contributed by atoms with Gasteiger partial charge in [-0.25, -0.2) is 9.97 Å². The summed E-state index contributed by atoms with van der Waals surface area (Å²) in [5.41, 5.74) is 1.76. The van der Waals surface area contributed by atoms with Crippen molar-refractivity contribution in [2.45, 2.75) is 0 Å². The average Bonchev–Trinajstić information content (AvgIpc) is 3.10. The van der Waals surface area contributed by atoms with Gasteiger partial charge in [0.2, 0.25) is 6.79 Å². The van der Waals surface area contributed by atoms with Crippen molar-refractivity contribution in [3.63, 3.8) is 0 Å². The highest BCUT2D eigenvalue weighted by Crippen LogP contribution is 2.32. The van der Waals surface area contributed by atoms with Crippen LogP contribution in [0.1, 0.15) is 10.4 Å². The molecule has 124 valence electrons. The Balaban J connectivity index is 1.50. The molecule has 0 aliphatic carbocycles. The number of halogens is 1. The van der Waals surface area contributed by atoms with Gasteiger partial charge in [-0.1, -0.05) is 23.7 Å². The lowest BCUT2D eigenvalue weighted by Crippen LogP contribution is -2.12. The fourth-order valence-electron chi connectivity index (χ4n) is 2.41. The van der Waals surface area contributed by atoms with Crippen LogP contribution in [0.4, 0.5) is 5.69 Å². The lowest BCUT2D eigenvalue weighted by molar-refractivity contribution is 0.102. The van der Waals surface area contributed by atoms with Crippen LogP contribution in [-0.4, -0.2) is 22.7 Å². The van der Waals surface area contributed by atoms with Crippen LogP contribution in [0.5, 0.6) is 11.5 Å². The molecule has 0 unspecified atom stereocenters. The molecule has 1 aliphatic rings. The van der Waals surface area contributed by atoms with E-state index in [1.54, 1.807) is 42.7 Å². The first-order valence-electron chi connectivity index (χ1n) is 7.48. The summed E-state index contributed by atoms with van der Waals surface area (Å²) in [6, 6.07) is 12.3. The molecule has 2 heterocycles. The zero-order chi connectivity index (χ0) is 17.2. The monoisotopic (exact) mass is 353 g/mol. The lowest BCUT2D eigenvalue weighted by Gasteiger charge is -2.06. The van der Waals surface area contributed by atoms with Crippen molar-refractivity contribution in [1.29, 1.82) is 0 Å². The second-order valence-electron chi connectivity index (χ2n) is 5.33. The summed E-state index contributed by atoms with van der Waals surface area (Å²) >= 11 is 5.97. The van der Waals surface area contributed by atoms with Crippen LogP contribution in [-0.2, 0) is 0 Å². The minimum atomic E-state index is -0.280. The number of anilines is 1. The Morgan fingerprint density at radius 2 is 1.84 bits per heavy atom. The summed E-state index contributed by atoms with van der Waals surface area (Å²) < 4.78 is 10.5. The van der Waals surface area contributed by atoms with Gasteiger partial charge in [-0.05, 0) is 30.3 Å². The summed E-state index contributed by atoms with van der Waals surface area (Å²) in [5, 5.41) is 3.37. The van der Waals surface area contributed by atoms with Crippen molar-refractivity contribution in [1.82, 2.24) is 9.97 Å². The molecule has 6 nitrogen and oxygen atoms in total. The number of aromatic nitrogens is 2. The molecule has 7 heteroatoms. The van der Waals surface area contributed by atoms with E-state index in [2.05, 4.69) is 15.3 Å². The van der Waals surface area contributed by atoms with Crippen LogP contribution >= 0.6 is 11.6 Å². The van der Waals surface area contributed by atoms with Crippen LogP contribution < -0.4 is 14.8 Å². The molecule has 0 saturated carbocycles. The Morgan fingerprint density at radius 3 is 2.64 bits per heavy atom. The fourth-order valence-corrected chi connectivity index (χ4v) is 2.60. The van der Waals surface area contributed by atoms with E-state index in [4.69, 9.17) is 21.1 Å². The highest BCUT2D eigenvalue weighted by atomic mass is 35.5. The number of nitrogens with one attached hydrogen (secondary N) is 1. The third-order valence-electron chi connectivity index (χ3n) is 3.63. The molecule has 25 heavy (non-hydrogen) atoms. The molecule has 0 fully saturated rings. The zero-order valence-corrected chi connectivity index (χ0v) is 13.7. The highest BCUT2D eigenvalue weighted by molar-refractivity contribution is 6.30. The number of ether oxygens (including phenoxy) is 2. The van der Waals surface area contributed by atoms with Gasteiger partial charge >= 0.3 is 0 Å². The minimum Gasteiger partial charge on any atom is -0.454 e. The van der Waals surface area contributed by atoms with E-state index in [9.17, 15) is 4.79 Å². The van der Waals surface area contributed by atoms with Gasteiger partial charge in [0.05, 0.1) is 18.1 Å². The first kappa shape index (κ1) is 15.4. The predicted octanol–water partition coefficient (Wildman–Crippen LogP) is 3.78. The Morgan fingerprint density at radius 1 is 1.04 bits per heavy atom. The average molecular weight is 354 g/mol. The second kappa shape index (κ2) is 6.41. The third kappa shape index (κ3) is 3.25. The summed E-state index contributed by atoms with van der Waals surface area (Å²) in [4.78, 5) is 20.9. The number of hydrogen-bond acceptors (Lipinski definition) is 5. The number of rotatable bonds is 3. The maximum absolute atomic E-state index is 12.3. The molecule has 1 amide bonds. The Bertz CT molecular complexity index is 945. The number of hydrogen-bond donors (Lipinski definition) is 1. The number of carbonyl (C=O) groups is 1. The smallest absolute Gasteiger partial charge is 0.255 e. The molecule has 0 saturated heterocycles. The molecule has 1 N–H and O–H groups in total. The molecule has 1 aliphatic heterocycles. The van der Waals surface area contributed by atoms with Gasteiger partial charge in [0, 0.05) is 16.1 Å². The summed E-state index contributed by atoms with van der Waals surface area (Å²) in [7, 11) is 0. The van der Waals surface area contributed by atoms with Gasteiger partial charge < -0.3 is 14.8 Å². The quantitative estimate of drug-likeness (QED) is 0.775. The van der Waals surface area contributed by atoms with Crippen molar-refractivity contribution in [2.75, 3.05) is 12.1 Å². The van der Waals surface area contributed by atoms with E-state index < -0.39 is 0 Å². The van der Waals surface area contributed by atoms with Gasteiger partial charge in [-0.15, -0.1) is 0 Å². The first-order chi connectivity index (χ1) is 12.2. The number of amides is 1. The van der Waals surface area contributed by atoms with Crippen LogP contribution in [0, 0.1) is 0 Å². The zero-order valence-electron chi connectivity index (χ0n) is 12.9. The number of fused-ring (bicyclic) bond motifs is 1. The Hall–Kier alpha value is -3.12. The van der Waals surface area contributed by atoms with Crippen molar-refractivity contribution in [2.24, 2.45) is 0 Å². The molecule has 3 aromatic rings. The van der Waals surface area contributed by atoms with E-state index in [-0.39, 0.29) is 12.7 Å². The van der Waals surface area contributed by atoms with Gasteiger partial charge in [-0.3, -0.25) is 4.79 Å². The van der Waals surface area contributed by atoms with E-state index in [0.717, 1.165) is 5.56 Å². The highest BCUT2D eigenvalue weighted by Gasteiger charge is 2.16. The SMILES string of the molecule is O=C(Nc1cnc(-c2cccc(Cl)c2)nc1)c1ccc2c(c1)OCO2. The molecule has 4 rings (SSSR count). The number of carbonyl (C=O) groups excluding carboxylic acids is 1. The van der Waals surface area contributed by atoms with Gasteiger partial charge in [0.15, 0.2) is 17.3 Å². The van der Waals surface area contributed by atoms with E-state index in [0.29, 0.717) is 33.6 Å². The summed E-state index contributed by atoms with van der Waals surface area (Å²) in [6.07, 6.45) is 3.10. The summed E-state index contributed by atoms with van der Waals surface area (Å²) in [5.74, 6) is 1.44. The molecule has 0 atom stereocenters. The first-order valence-corrected chi connectivity index (χ1v) is 7.86. The van der Waals surface area contributed by atoms with Crippen molar-refractivity contribution >= 4 is 23.2 Å². The largest absolute Gasteiger partial charge is 0.454 e. The lowest BCUT2D eigenvalue weighted by atomic mass is 10.2. The Labute approximate surface area is 148 Å². The number of benzene rings is 2. The minimum absolute atomic E-state index is 0.166. The Kier molecular flexibility index (Phi) is 3.95. The van der Waals surface area contributed by atoms with Crippen LogP contribution in [0.25, 0.3) is 11.4 Å². The topological polar surface area (TPSA) is 73.3 Å². The third-order valence-corrected chi connectivity index (χ3v) is 3.86. The number of nitrogens with zero attached hydrogens (tertiary/aromatic N) is 2. The standard InChI is InChI=1S/C18H12ClN3O3/c19-13-3-1-2-11(6-13)17-20-8-14(9-21-17)22-18(23)12-4-5-15-16(7-12)25-10-24-15/h1-9H,10H2,(H,22,23).